The molecule has 0 amide bonds. The standard InChI is InChI=1S/C14H9Br2F3O/c1-20-13-6-12(19)10(15)5-9(13)14(16)8-3-2-7(17)4-11(8)18/h2-6,14H,1H3. The second-order valence-electron chi connectivity index (χ2n) is 4.04. The maximum absolute atomic E-state index is 13.8. The molecule has 0 bridgehead atoms. The van der Waals surface area contributed by atoms with Crippen molar-refractivity contribution in [2.24, 2.45) is 0 Å². The Balaban J connectivity index is 2.52. The molecule has 0 fully saturated rings. The fourth-order valence-electron chi connectivity index (χ4n) is 1.79. The van der Waals surface area contributed by atoms with Crippen molar-refractivity contribution in [3.05, 3.63) is 63.4 Å². The van der Waals surface area contributed by atoms with Gasteiger partial charge in [0.25, 0.3) is 0 Å². The van der Waals surface area contributed by atoms with Crippen molar-refractivity contribution in [2.75, 3.05) is 7.11 Å². The highest BCUT2D eigenvalue weighted by Gasteiger charge is 2.21. The first-order valence-corrected chi connectivity index (χ1v) is 7.27. The van der Waals surface area contributed by atoms with Gasteiger partial charge in [-0.2, -0.15) is 0 Å². The summed E-state index contributed by atoms with van der Waals surface area (Å²) in [6.07, 6.45) is 0. The average molecular weight is 410 g/mol. The van der Waals surface area contributed by atoms with Crippen molar-refractivity contribution in [3.8, 4) is 5.75 Å². The molecule has 0 saturated carbocycles. The molecular formula is C14H9Br2F3O. The Morgan fingerprint density at radius 3 is 2.30 bits per heavy atom. The van der Waals surface area contributed by atoms with E-state index in [-0.39, 0.29) is 15.8 Å². The third kappa shape index (κ3) is 3.01. The summed E-state index contributed by atoms with van der Waals surface area (Å²) in [7, 11) is 1.40. The number of rotatable bonds is 3. The van der Waals surface area contributed by atoms with E-state index >= 15 is 0 Å². The summed E-state index contributed by atoms with van der Waals surface area (Å²) in [6.45, 7) is 0. The van der Waals surface area contributed by atoms with E-state index in [1.54, 1.807) is 0 Å². The normalized spacial score (nSPS) is 12.3. The largest absolute Gasteiger partial charge is 0.496 e. The number of halogens is 5. The first kappa shape index (κ1) is 15.4. The summed E-state index contributed by atoms with van der Waals surface area (Å²) in [5.41, 5.74) is 0.773. The lowest BCUT2D eigenvalue weighted by Crippen LogP contribution is -2.01. The zero-order valence-electron chi connectivity index (χ0n) is 10.3. The molecule has 20 heavy (non-hydrogen) atoms. The van der Waals surface area contributed by atoms with Crippen LogP contribution in [0.5, 0.6) is 5.75 Å². The fourth-order valence-corrected chi connectivity index (χ4v) is 2.88. The Bertz CT molecular complexity index is 647. The van der Waals surface area contributed by atoms with E-state index < -0.39 is 22.3 Å². The molecule has 0 aromatic heterocycles. The molecule has 2 aromatic carbocycles. The van der Waals surface area contributed by atoms with Gasteiger partial charge in [0, 0.05) is 23.3 Å². The Morgan fingerprint density at radius 1 is 1.00 bits per heavy atom. The molecule has 0 N–H and O–H groups in total. The minimum atomic E-state index is -0.686. The number of benzene rings is 2. The van der Waals surface area contributed by atoms with Crippen LogP contribution in [0.25, 0.3) is 0 Å². The van der Waals surface area contributed by atoms with Crippen LogP contribution in [0, 0.1) is 17.5 Å². The summed E-state index contributed by atoms with van der Waals surface area (Å²) < 4.78 is 45.6. The monoisotopic (exact) mass is 408 g/mol. The van der Waals surface area contributed by atoms with Gasteiger partial charge in [-0.3, -0.25) is 0 Å². The van der Waals surface area contributed by atoms with E-state index in [1.807, 2.05) is 0 Å². The topological polar surface area (TPSA) is 9.23 Å². The summed E-state index contributed by atoms with van der Waals surface area (Å²) in [5.74, 6) is -1.55. The second kappa shape index (κ2) is 6.18. The summed E-state index contributed by atoms with van der Waals surface area (Å²) in [6, 6.07) is 6.00. The molecule has 0 aliphatic rings. The minimum absolute atomic E-state index is 0.236. The van der Waals surface area contributed by atoms with E-state index in [1.165, 1.54) is 25.3 Å². The van der Waals surface area contributed by atoms with E-state index in [0.717, 1.165) is 12.1 Å². The lowest BCUT2D eigenvalue weighted by molar-refractivity contribution is 0.406. The number of hydrogen-bond donors (Lipinski definition) is 0. The van der Waals surface area contributed by atoms with Gasteiger partial charge in [0.1, 0.15) is 23.2 Å². The van der Waals surface area contributed by atoms with Gasteiger partial charge in [-0.15, -0.1) is 0 Å². The molecule has 106 valence electrons. The van der Waals surface area contributed by atoms with Gasteiger partial charge in [-0.1, -0.05) is 22.0 Å². The Kier molecular flexibility index (Phi) is 4.75. The van der Waals surface area contributed by atoms with Crippen LogP contribution < -0.4 is 4.74 Å². The average Bonchev–Trinajstić information content (AvgIpc) is 2.40. The van der Waals surface area contributed by atoms with Crippen LogP contribution in [0.2, 0.25) is 0 Å². The van der Waals surface area contributed by atoms with Crippen molar-refractivity contribution >= 4 is 31.9 Å². The smallest absolute Gasteiger partial charge is 0.141 e. The highest BCUT2D eigenvalue weighted by Crippen LogP contribution is 2.40. The predicted molar refractivity (Wildman–Crippen MR) is 77.8 cm³/mol. The van der Waals surface area contributed by atoms with Gasteiger partial charge in [0.2, 0.25) is 0 Å². The molecule has 1 nitrogen and oxygen atoms in total. The van der Waals surface area contributed by atoms with Crippen LogP contribution in [-0.2, 0) is 0 Å². The van der Waals surface area contributed by atoms with Crippen molar-refractivity contribution in [1.82, 2.24) is 0 Å². The van der Waals surface area contributed by atoms with Gasteiger partial charge in [-0.05, 0) is 28.1 Å². The van der Waals surface area contributed by atoms with Crippen molar-refractivity contribution in [3.63, 3.8) is 0 Å². The van der Waals surface area contributed by atoms with Crippen molar-refractivity contribution in [1.29, 1.82) is 0 Å². The predicted octanol–water partition coefficient (Wildman–Crippen LogP) is 5.36. The maximum atomic E-state index is 13.8. The number of alkyl halides is 1. The summed E-state index contributed by atoms with van der Waals surface area (Å²) in [4.78, 5) is -0.588. The Hall–Kier alpha value is -1.01. The van der Waals surface area contributed by atoms with Gasteiger partial charge in [-0.25, -0.2) is 13.2 Å². The van der Waals surface area contributed by atoms with E-state index in [9.17, 15) is 13.2 Å². The molecular weight excluding hydrogens is 401 g/mol. The van der Waals surface area contributed by atoms with E-state index in [2.05, 4.69) is 31.9 Å². The maximum Gasteiger partial charge on any atom is 0.141 e. The van der Waals surface area contributed by atoms with Crippen LogP contribution in [0.4, 0.5) is 13.2 Å². The second-order valence-corrected chi connectivity index (χ2v) is 5.81. The lowest BCUT2D eigenvalue weighted by Gasteiger charge is -2.16. The summed E-state index contributed by atoms with van der Waals surface area (Å²) in [5, 5.41) is 0. The van der Waals surface area contributed by atoms with Crippen molar-refractivity contribution < 1.29 is 17.9 Å². The Morgan fingerprint density at radius 2 is 1.70 bits per heavy atom. The SMILES string of the molecule is COc1cc(F)c(Br)cc1C(Br)c1ccc(F)cc1F. The molecule has 6 heteroatoms. The van der Waals surface area contributed by atoms with Crippen LogP contribution in [0.15, 0.2) is 34.8 Å². The van der Waals surface area contributed by atoms with Gasteiger partial charge in [0.05, 0.1) is 16.4 Å². The molecule has 0 aliphatic heterocycles. The van der Waals surface area contributed by atoms with Crippen molar-refractivity contribution in [2.45, 2.75) is 4.83 Å². The zero-order valence-corrected chi connectivity index (χ0v) is 13.4. The van der Waals surface area contributed by atoms with Gasteiger partial charge in [0.15, 0.2) is 0 Å². The van der Waals surface area contributed by atoms with Crippen LogP contribution in [0.3, 0.4) is 0 Å². The van der Waals surface area contributed by atoms with Gasteiger partial charge < -0.3 is 4.74 Å². The van der Waals surface area contributed by atoms with Crippen LogP contribution in [-0.4, -0.2) is 7.11 Å². The fraction of sp³-hybridized carbons (Fsp3) is 0.143. The molecule has 2 aromatic rings. The highest BCUT2D eigenvalue weighted by atomic mass is 79.9. The quantitative estimate of drug-likeness (QED) is 0.620. The molecule has 0 heterocycles. The first-order valence-electron chi connectivity index (χ1n) is 5.56. The number of methoxy groups -OCH3 is 1. The molecule has 0 saturated heterocycles. The summed E-state index contributed by atoms with van der Waals surface area (Å²) >= 11 is 6.41. The van der Waals surface area contributed by atoms with Crippen LogP contribution >= 0.6 is 31.9 Å². The molecule has 0 radical (unpaired) electrons. The third-order valence-electron chi connectivity index (χ3n) is 2.78. The molecule has 2 rings (SSSR count). The number of ether oxygens (including phenoxy) is 1. The van der Waals surface area contributed by atoms with E-state index in [0.29, 0.717) is 5.56 Å². The molecule has 1 unspecified atom stereocenters. The van der Waals surface area contributed by atoms with E-state index in [4.69, 9.17) is 4.74 Å². The Labute approximate surface area is 131 Å². The molecule has 0 aliphatic carbocycles. The molecule has 1 atom stereocenters. The van der Waals surface area contributed by atoms with Crippen LogP contribution in [0.1, 0.15) is 16.0 Å². The third-order valence-corrected chi connectivity index (χ3v) is 4.38. The number of hydrogen-bond acceptors (Lipinski definition) is 1. The lowest BCUT2D eigenvalue weighted by atomic mass is 10.0. The highest BCUT2D eigenvalue weighted by molar-refractivity contribution is 9.10. The molecule has 0 spiro atoms. The zero-order chi connectivity index (χ0) is 14.9. The first-order chi connectivity index (χ1) is 9.43. The minimum Gasteiger partial charge on any atom is -0.496 e. The van der Waals surface area contributed by atoms with Gasteiger partial charge >= 0.3 is 0 Å².